The summed E-state index contributed by atoms with van der Waals surface area (Å²) < 4.78 is 4.87. The van der Waals surface area contributed by atoms with E-state index in [0.717, 1.165) is 12.1 Å². The maximum atomic E-state index is 8.88. The SMILES string of the molecule is Cc1nc(CCNCc2cccnc2C#N)no1. The Hall–Kier alpha value is -2.26. The van der Waals surface area contributed by atoms with E-state index in [9.17, 15) is 0 Å². The minimum Gasteiger partial charge on any atom is -0.340 e. The molecule has 0 spiro atoms. The number of rotatable bonds is 5. The summed E-state index contributed by atoms with van der Waals surface area (Å²) in [6.07, 6.45) is 2.31. The number of aryl methyl sites for hydroxylation is 1. The van der Waals surface area contributed by atoms with E-state index in [0.29, 0.717) is 30.4 Å². The molecule has 2 rings (SSSR count). The van der Waals surface area contributed by atoms with Crippen LogP contribution in [0.25, 0.3) is 0 Å². The van der Waals surface area contributed by atoms with Crippen LogP contribution < -0.4 is 5.32 Å². The molecule has 0 atom stereocenters. The predicted octanol–water partition coefficient (Wildman–Crippen LogP) is 0.977. The molecule has 0 aromatic carbocycles. The Morgan fingerprint density at radius 2 is 2.39 bits per heavy atom. The van der Waals surface area contributed by atoms with Gasteiger partial charge in [0.2, 0.25) is 5.89 Å². The van der Waals surface area contributed by atoms with Gasteiger partial charge in [0.05, 0.1) is 0 Å². The second-order valence-electron chi connectivity index (χ2n) is 3.78. The first-order valence-electron chi connectivity index (χ1n) is 5.63. The van der Waals surface area contributed by atoms with E-state index < -0.39 is 0 Å². The molecule has 0 bridgehead atoms. The van der Waals surface area contributed by atoms with Crippen LogP contribution >= 0.6 is 0 Å². The molecule has 0 aliphatic rings. The van der Waals surface area contributed by atoms with Crippen molar-refractivity contribution >= 4 is 0 Å². The van der Waals surface area contributed by atoms with Crippen molar-refractivity contribution in [1.82, 2.24) is 20.4 Å². The van der Waals surface area contributed by atoms with Crippen molar-refractivity contribution in [2.24, 2.45) is 0 Å². The molecule has 2 aromatic heterocycles. The minimum atomic E-state index is 0.459. The van der Waals surface area contributed by atoms with Crippen molar-refractivity contribution in [2.75, 3.05) is 6.54 Å². The third kappa shape index (κ3) is 3.12. The van der Waals surface area contributed by atoms with E-state index in [2.05, 4.69) is 26.5 Å². The van der Waals surface area contributed by atoms with Gasteiger partial charge in [-0.3, -0.25) is 0 Å². The van der Waals surface area contributed by atoms with Crippen LogP contribution in [-0.2, 0) is 13.0 Å². The van der Waals surface area contributed by atoms with E-state index in [1.807, 2.05) is 12.1 Å². The quantitative estimate of drug-likeness (QED) is 0.787. The molecular weight excluding hydrogens is 230 g/mol. The Kier molecular flexibility index (Phi) is 3.99. The molecule has 6 nitrogen and oxygen atoms in total. The fourth-order valence-corrected chi connectivity index (χ4v) is 1.55. The average molecular weight is 243 g/mol. The third-order valence-corrected chi connectivity index (χ3v) is 2.41. The number of hydrogen-bond donors (Lipinski definition) is 1. The Morgan fingerprint density at radius 1 is 1.50 bits per heavy atom. The van der Waals surface area contributed by atoms with Crippen LogP contribution in [0.3, 0.4) is 0 Å². The summed E-state index contributed by atoms with van der Waals surface area (Å²) in [5.74, 6) is 1.26. The highest BCUT2D eigenvalue weighted by atomic mass is 16.5. The predicted molar refractivity (Wildman–Crippen MR) is 63.4 cm³/mol. The number of pyridine rings is 1. The number of aromatic nitrogens is 3. The second kappa shape index (κ2) is 5.89. The Labute approximate surface area is 105 Å². The van der Waals surface area contributed by atoms with Crippen molar-refractivity contribution < 1.29 is 4.52 Å². The molecule has 0 saturated heterocycles. The van der Waals surface area contributed by atoms with Crippen LogP contribution in [0.2, 0.25) is 0 Å². The van der Waals surface area contributed by atoms with Crippen molar-refractivity contribution in [3.8, 4) is 6.07 Å². The third-order valence-electron chi connectivity index (χ3n) is 2.41. The lowest BCUT2D eigenvalue weighted by atomic mass is 10.2. The van der Waals surface area contributed by atoms with Crippen LogP contribution in [0.5, 0.6) is 0 Å². The summed E-state index contributed by atoms with van der Waals surface area (Å²) in [4.78, 5) is 8.10. The van der Waals surface area contributed by atoms with Gasteiger partial charge in [0, 0.05) is 38.2 Å². The molecule has 0 unspecified atom stereocenters. The van der Waals surface area contributed by atoms with Gasteiger partial charge in [-0.05, 0) is 6.07 Å². The molecule has 2 aromatic rings. The van der Waals surface area contributed by atoms with Gasteiger partial charge >= 0.3 is 0 Å². The summed E-state index contributed by atoms with van der Waals surface area (Å²) in [6.45, 7) is 3.09. The summed E-state index contributed by atoms with van der Waals surface area (Å²) in [6, 6.07) is 5.77. The van der Waals surface area contributed by atoms with Crippen LogP contribution in [0, 0.1) is 18.3 Å². The number of nitriles is 1. The fourth-order valence-electron chi connectivity index (χ4n) is 1.55. The zero-order valence-corrected chi connectivity index (χ0v) is 10.1. The smallest absolute Gasteiger partial charge is 0.223 e. The van der Waals surface area contributed by atoms with E-state index >= 15 is 0 Å². The Bertz CT molecular complexity index is 558. The summed E-state index contributed by atoms with van der Waals surface area (Å²) >= 11 is 0. The largest absolute Gasteiger partial charge is 0.340 e. The zero-order valence-electron chi connectivity index (χ0n) is 10.1. The standard InChI is InChI=1S/C12H13N5O/c1-9-16-12(17-18-9)4-6-14-8-10-3-2-5-15-11(10)7-13/h2-3,5,14H,4,6,8H2,1H3. The number of hydrogen-bond acceptors (Lipinski definition) is 6. The lowest BCUT2D eigenvalue weighted by molar-refractivity contribution is 0.387. The molecule has 0 saturated carbocycles. The average Bonchev–Trinajstić information content (AvgIpc) is 2.81. The highest BCUT2D eigenvalue weighted by Crippen LogP contribution is 2.03. The normalized spacial score (nSPS) is 10.2. The molecule has 6 heteroatoms. The minimum absolute atomic E-state index is 0.459. The van der Waals surface area contributed by atoms with Gasteiger partial charge in [-0.15, -0.1) is 0 Å². The van der Waals surface area contributed by atoms with Crippen LogP contribution in [0.1, 0.15) is 23.0 Å². The molecule has 0 aliphatic carbocycles. The van der Waals surface area contributed by atoms with E-state index in [4.69, 9.17) is 9.78 Å². The maximum absolute atomic E-state index is 8.88. The summed E-state index contributed by atoms with van der Waals surface area (Å²) in [5, 5.41) is 15.9. The monoisotopic (exact) mass is 243 g/mol. The van der Waals surface area contributed by atoms with Gasteiger partial charge in [0.1, 0.15) is 11.8 Å². The van der Waals surface area contributed by atoms with Gasteiger partial charge in [-0.25, -0.2) is 4.98 Å². The first-order valence-corrected chi connectivity index (χ1v) is 5.63. The first kappa shape index (κ1) is 12.2. The van der Waals surface area contributed by atoms with Gasteiger partial charge < -0.3 is 9.84 Å². The fraction of sp³-hybridized carbons (Fsp3) is 0.333. The lowest BCUT2D eigenvalue weighted by Crippen LogP contribution is -2.18. The summed E-state index contributed by atoms with van der Waals surface area (Å²) in [7, 11) is 0. The van der Waals surface area contributed by atoms with Crippen molar-refractivity contribution in [3.05, 3.63) is 41.3 Å². The zero-order chi connectivity index (χ0) is 12.8. The van der Waals surface area contributed by atoms with E-state index in [-0.39, 0.29) is 0 Å². The van der Waals surface area contributed by atoms with E-state index in [1.165, 1.54) is 0 Å². The van der Waals surface area contributed by atoms with Crippen LogP contribution in [0.4, 0.5) is 0 Å². The molecule has 2 heterocycles. The number of nitrogens with zero attached hydrogens (tertiary/aromatic N) is 4. The topological polar surface area (TPSA) is 87.6 Å². The Balaban J connectivity index is 1.80. The van der Waals surface area contributed by atoms with Crippen molar-refractivity contribution in [3.63, 3.8) is 0 Å². The molecule has 0 aliphatic heterocycles. The molecule has 1 N–H and O–H groups in total. The maximum Gasteiger partial charge on any atom is 0.223 e. The highest BCUT2D eigenvalue weighted by molar-refractivity contribution is 5.30. The molecule has 92 valence electrons. The summed E-state index contributed by atoms with van der Waals surface area (Å²) in [5.41, 5.74) is 1.35. The van der Waals surface area contributed by atoms with E-state index in [1.54, 1.807) is 13.1 Å². The molecule has 0 fully saturated rings. The van der Waals surface area contributed by atoms with Crippen LogP contribution in [0.15, 0.2) is 22.9 Å². The van der Waals surface area contributed by atoms with Gasteiger partial charge in [0.25, 0.3) is 0 Å². The Morgan fingerprint density at radius 3 is 3.11 bits per heavy atom. The van der Waals surface area contributed by atoms with Gasteiger partial charge in [-0.2, -0.15) is 10.2 Å². The lowest BCUT2D eigenvalue weighted by Gasteiger charge is -2.04. The second-order valence-corrected chi connectivity index (χ2v) is 3.78. The van der Waals surface area contributed by atoms with Crippen LogP contribution in [-0.4, -0.2) is 21.7 Å². The molecule has 0 radical (unpaired) electrons. The van der Waals surface area contributed by atoms with Crippen molar-refractivity contribution in [2.45, 2.75) is 19.9 Å². The molecule has 0 amide bonds. The molecular formula is C12H13N5O. The molecule has 18 heavy (non-hydrogen) atoms. The highest BCUT2D eigenvalue weighted by Gasteiger charge is 2.03. The van der Waals surface area contributed by atoms with Crippen molar-refractivity contribution in [1.29, 1.82) is 5.26 Å². The first-order chi connectivity index (χ1) is 8.79. The van der Waals surface area contributed by atoms with Gasteiger partial charge in [0.15, 0.2) is 5.82 Å². The number of nitrogens with one attached hydrogen (secondary N) is 1. The van der Waals surface area contributed by atoms with Gasteiger partial charge in [-0.1, -0.05) is 11.2 Å².